The quantitative estimate of drug-likeness (QED) is 0.810. The van der Waals surface area contributed by atoms with Gasteiger partial charge in [0, 0.05) is 6.04 Å². The predicted octanol–water partition coefficient (Wildman–Crippen LogP) is 4.84. The molecule has 21 heavy (non-hydrogen) atoms. The maximum absolute atomic E-state index is 14.3. The molecule has 1 aliphatic carbocycles. The van der Waals surface area contributed by atoms with E-state index in [0.717, 1.165) is 24.9 Å². The molecule has 1 saturated carbocycles. The van der Waals surface area contributed by atoms with Crippen molar-refractivity contribution in [1.29, 1.82) is 0 Å². The van der Waals surface area contributed by atoms with Crippen LogP contribution in [0.15, 0.2) is 18.2 Å². The highest BCUT2D eigenvalue weighted by atomic mass is 19.1. The first-order chi connectivity index (χ1) is 10.2. The highest BCUT2D eigenvalue weighted by Crippen LogP contribution is 2.32. The third-order valence-electron chi connectivity index (χ3n) is 4.61. The molecule has 3 atom stereocenters. The second-order valence-corrected chi connectivity index (χ2v) is 6.08. The predicted molar refractivity (Wildman–Crippen MR) is 85.2 cm³/mol. The molecular formula is C18H28FNO. The number of rotatable bonds is 6. The van der Waals surface area contributed by atoms with Gasteiger partial charge in [-0.15, -0.1) is 0 Å². The van der Waals surface area contributed by atoms with E-state index >= 15 is 0 Å². The lowest BCUT2D eigenvalue weighted by Crippen LogP contribution is -2.30. The highest BCUT2D eigenvalue weighted by molar-refractivity contribution is 5.31. The molecule has 1 aliphatic rings. The molecule has 0 bridgehead atoms. The topological polar surface area (TPSA) is 21.3 Å². The van der Waals surface area contributed by atoms with Crippen LogP contribution in [0.4, 0.5) is 4.39 Å². The molecule has 0 saturated heterocycles. The fourth-order valence-electron chi connectivity index (χ4n) is 3.26. The monoisotopic (exact) mass is 293 g/mol. The lowest BCUT2D eigenvalue weighted by molar-refractivity contribution is 0.0862. The second kappa shape index (κ2) is 7.79. The van der Waals surface area contributed by atoms with Crippen molar-refractivity contribution in [1.82, 2.24) is 5.32 Å². The molecule has 2 nitrogen and oxygen atoms in total. The first-order valence-electron chi connectivity index (χ1n) is 8.35. The third kappa shape index (κ3) is 4.19. The van der Waals surface area contributed by atoms with Crippen LogP contribution < -0.4 is 10.1 Å². The van der Waals surface area contributed by atoms with Crippen molar-refractivity contribution in [2.24, 2.45) is 5.92 Å². The van der Waals surface area contributed by atoms with Crippen LogP contribution in [0.3, 0.4) is 0 Å². The van der Waals surface area contributed by atoms with Gasteiger partial charge in [-0.2, -0.15) is 0 Å². The SMILES string of the molecule is CCNC(C)c1ccc(OC2CCCCC2CC)c(F)c1. The van der Waals surface area contributed by atoms with Crippen molar-refractivity contribution in [3.05, 3.63) is 29.6 Å². The number of ether oxygens (including phenoxy) is 1. The van der Waals surface area contributed by atoms with Crippen LogP contribution in [0.25, 0.3) is 0 Å². The van der Waals surface area contributed by atoms with Gasteiger partial charge in [0.1, 0.15) is 6.10 Å². The molecule has 0 aliphatic heterocycles. The number of hydrogen-bond donors (Lipinski definition) is 1. The summed E-state index contributed by atoms with van der Waals surface area (Å²) in [5, 5.41) is 3.30. The van der Waals surface area contributed by atoms with Gasteiger partial charge in [-0.05, 0) is 62.8 Å². The molecule has 0 spiro atoms. The molecular weight excluding hydrogens is 265 g/mol. The van der Waals surface area contributed by atoms with Crippen molar-refractivity contribution < 1.29 is 9.13 Å². The summed E-state index contributed by atoms with van der Waals surface area (Å²) in [4.78, 5) is 0. The molecule has 3 unspecified atom stereocenters. The summed E-state index contributed by atoms with van der Waals surface area (Å²) in [5.41, 5.74) is 0.970. The van der Waals surface area contributed by atoms with E-state index in [1.807, 2.05) is 13.0 Å². The molecule has 1 aromatic rings. The maximum atomic E-state index is 14.3. The van der Waals surface area contributed by atoms with E-state index in [2.05, 4.69) is 19.2 Å². The fourth-order valence-corrected chi connectivity index (χ4v) is 3.26. The summed E-state index contributed by atoms with van der Waals surface area (Å²) in [5.74, 6) is 0.740. The average Bonchev–Trinajstić information content (AvgIpc) is 2.50. The van der Waals surface area contributed by atoms with E-state index in [1.165, 1.54) is 19.3 Å². The zero-order valence-corrected chi connectivity index (χ0v) is 13.5. The molecule has 0 aromatic heterocycles. The molecule has 1 aromatic carbocycles. The van der Waals surface area contributed by atoms with Gasteiger partial charge in [0.05, 0.1) is 0 Å². The fraction of sp³-hybridized carbons (Fsp3) is 0.667. The number of halogens is 1. The Bertz CT molecular complexity index is 449. The van der Waals surface area contributed by atoms with E-state index in [0.29, 0.717) is 11.7 Å². The van der Waals surface area contributed by atoms with Gasteiger partial charge < -0.3 is 10.1 Å². The number of hydrogen-bond acceptors (Lipinski definition) is 2. The van der Waals surface area contributed by atoms with Gasteiger partial charge in [-0.3, -0.25) is 0 Å². The molecule has 0 heterocycles. The molecule has 1 N–H and O–H groups in total. The average molecular weight is 293 g/mol. The van der Waals surface area contributed by atoms with Crippen molar-refractivity contribution in [3.63, 3.8) is 0 Å². The van der Waals surface area contributed by atoms with Crippen molar-refractivity contribution in [2.75, 3.05) is 6.54 Å². The first kappa shape index (κ1) is 16.3. The Balaban J connectivity index is 2.06. The van der Waals surface area contributed by atoms with E-state index in [9.17, 15) is 4.39 Å². The first-order valence-corrected chi connectivity index (χ1v) is 8.35. The molecule has 0 amide bonds. The van der Waals surface area contributed by atoms with E-state index in [4.69, 9.17) is 4.74 Å². The van der Waals surface area contributed by atoms with Crippen molar-refractivity contribution in [3.8, 4) is 5.75 Å². The summed E-state index contributed by atoms with van der Waals surface area (Å²) >= 11 is 0. The van der Waals surface area contributed by atoms with Crippen LogP contribution in [0.2, 0.25) is 0 Å². The minimum atomic E-state index is -0.238. The van der Waals surface area contributed by atoms with Crippen LogP contribution in [0.1, 0.15) is 64.5 Å². The Morgan fingerprint density at radius 1 is 1.29 bits per heavy atom. The molecule has 3 heteroatoms. The molecule has 118 valence electrons. The van der Waals surface area contributed by atoms with Gasteiger partial charge in [0.15, 0.2) is 11.6 Å². The maximum Gasteiger partial charge on any atom is 0.165 e. The summed E-state index contributed by atoms with van der Waals surface area (Å²) in [6.07, 6.45) is 6.02. The van der Waals surface area contributed by atoms with Crippen LogP contribution in [0.5, 0.6) is 5.75 Å². The molecule has 1 fully saturated rings. The van der Waals surface area contributed by atoms with Gasteiger partial charge >= 0.3 is 0 Å². The molecule has 2 rings (SSSR count). The van der Waals surface area contributed by atoms with E-state index in [-0.39, 0.29) is 18.0 Å². The second-order valence-electron chi connectivity index (χ2n) is 6.08. The van der Waals surface area contributed by atoms with Crippen LogP contribution in [-0.2, 0) is 0 Å². The standard InChI is InChI=1S/C18H28FNO/c1-4-14-8-6-7-9-17(14)21-18-11-10-15(12-16(18)19)13(3)20-5-2/h10-14,17,20H,4-9H2,1-3H3. The summed E-state index contributed by atoms with van der Waals surface area (Å²) < 4.78 is 20.3. The normalized spacial score (nSPS) is 23.8. The van der Waals surface area contributed by atoms with E-state index in [1.54, 1.807) is 12.1 Å². The van der Waals surface area contributed by atoms with Gasteiger partial charge in [0.25, 0.3) is 0 Å². The third-order valence-corrected chi connectivity index (χ3v) is 4.61. The Hall–Kier alpha value is -1.09. The van der Waals surface area contributed by atoms with E-state index < -0.39 is 0 Å². The van der Waals surface area contributed by atoms with Crippen molar-refractivity contribution in [2.45, 2.75) is 65.0 Å². The smallest absolute Gasteiger partial charge is 0.165 e. The minimum absolute atomic E-state index is 0.164. The van der Waals surface area contributed by atoms with Crippen LogP contribution >= 0.6 is 0 Å². The summed E-state index contributed by atoms with van der Waals surface area (Å²) in [6, 6.07) is 5.53. The summed E-state index contributed by atoms with van der Waals surface area (Å²) in [7, 11) is 0. The number of nitrogens with one attached hydrogen (secondary N) is 1. The zero-order chi connectivity index (χ0) is 15.2. The minimum Gasteiger partial charge on any atom is -0.487 e. The zero-order valence-electron chi connectivity index (χ0n) is 13.5. The molecule has 0 radical (unpaired) electrons. The summed E-state index contributed by atoms with van der Waals surface area (Å²) in [6.45, 7) is 7.18. The lowest BCUT2D eigenvalue weighted by atomic mass is 9.85. The lowest BCUT2D eigenvalue weighted by Gasteiger charge is -2.31. The van der Waals surface area contributed by atoms with Crippen LogP contribution in [0, 0.1) is 11.7 Å². The number of benzene rings is 1. The Labute approximate surface area is 128 Å². The Kier molecular flexibility index (Phi) is 6.04. The van der Waals surface area contributed by atoms with Crippen LogP contribution in [-0.4, -0.2) is 12.6 Å². The largest absolute Gasteiger partial charge is 0.487 e. The van der Waals surface area contributed by atoms with Gasteiger partial charge in [-0.25, -0.2) is 4.39 Å². The highest BCUT2D eigenvalue weighted by Gasteiger charge is 2.26. The van der Waals surface area contributed by atoms with Gasteiger partial charge in [-0.1, -0.05) is 26.3 Å². The Morgan fingerprint density at radius 3 is 2.71 bits per heavy atom. The Morgan fingerprint density at radius 2 is 2.05 bits per heavy atom. The van der Waals surface area contributed by atoms with Crippen molar-refractivity contribution >= 4 is 0 Å². The van der Waals surface area contributed by atoms with Gasteiger partial charge in [0.2, 0.25) is 0 Å².